The summed E-state index contributed by atoms with van der Waals surface area (Å²) in [6.07, 6.45) is 1.43. The SMILES string of the molecule is C[C@H](c1ccc(S(C)(=O)=O)cc1)N(C)CC(=O)N(CCC#N)c1ccccc1. The molecule has 0 aliphatic heterocycles. The van der Waals surface area contributed by atoms with Crippen LogP contribution < -0.4 is 4.90 Å². The van der Waals surface area contributed by atoms with Crippen LogP contribution in [0, 0.1) is 11.3 Å². The second kappa shape index (κ2) is 9.49. The Morgan fingerprint density at radius 2 is 1.71 bits per heavy atom. The van der Waals surface area contributed by atoms with Crippen LogP contribution in [-0.2, 0) is 14.6 Å². The molecule has 0 aromatic heterocycles. The van der Waals surface area contributed by atoms with Crippen molar-refractivity contribution in [1.29, 1.82) is 5.26 Å². The molecule has 1 amide bonds. The average molecular weight is 400 g/mol. The van der Waals surface area contributed by atoms with Crippen molar-refractivity contribution in [2.75, 3.05) is 31.3 Å². The molecule has 0 radical (unpaired) electrons. The summed E-state index contributed by atoms with van der Waals surface area (Å²) in [4.78, 5) is 16.7. The number of sulfone groups is 1. The van der Waals surface area contributed by atoms with Crippen LogP contribution in [0.15, 0.2) is 59.5 Å². The highest BCUT2D eigenvalue weighted by Gasteiger charge is 2.21. The Labute approximate surface area is 166 Å². The number of rotatable bonds is 8. The van der Waals surface area contributed by atoms with Crippen LogP contribution in [0.4, 0.5) is 5.69 Å². The maximum Gasteiger partial charge on any atom is 0.241 e. The standard InChI is InChI=1S/C21H25N3O3S/c1-17(18-10-12-20(13-11-18)28(3,26)27)23(2)16-21(25)24(15-7-14-22)19-8-5-4-6-9-19/h4-6,8-13,17H,7,15-16H2,1-3H3/t17-/m1/s1. The Hall–Kier alpha value is -2.69. The zero-order valence-electron chi connectivity index (χ0n) is 16.4. The fraction of sp³-hybridized carbons (Fsp3) is 0.333. The van der Waals surface area contributed by atoms with E-state index in [0.29, 0.717) is 6.54 Å². The Morgan fingerprint density at radius 1 is 1.11 bits per heavy atom. The van der Waals surface area contributed by atoms with Crippen LogP contribution in [0.1, 0.15) is 24.9 Å². The van der Waals surface area contributed by atoms with Gasteiger partial charge in [0.1, 0.15) is 0 Å². The van der Waals surface area contributed by atoms with E-state index in [1.807, 2.05) is 49.2 Å². The van der Waals surface area contributed by atoms with Gasteiger partial charge in [-0.25, -0.2) is 8.42 Å². The lowest BCUT2D eigenvalue weighted by molar-refractivity contribution is -0.119. The summed E-state index contributed by atoms with van der Waals surface area (Å²) in [5.41, 5.74) is 1.69. The van der Waals surface area contributed by atoms with E-state index in [4.69, 9.17) is 5.26 Å². The third kappa shape index (κ3) is 5.65. The molecule has 0 aliphatic carbocycles. The first-order valence-corrected chi connectivity index (χ1v) is 10.9. The van der Waals surface area contributed by atoms with Gasteiger partial charge in [-0.3, -0.25) is 9.69 Å². The molecule has 0 bridgehead atoms. The summed E-state index contributed by atoms with van der Waals surface area (Å²) < 4.78 is 23.2. The highest BCUT2D eigenvalue weighted by atomic mass is 32.2. The van der Waals surface area contributed by atoms with E-state index in [0.717, 1.165) is 11.3 Å². The number of hydrogen-bond acceptors (Lipinski definition) is 5. The summed E-state index contributed by atoms with van der Waals surface area (Å²) in [6.45, 7) is 2.48. The monoisotopic (exact) mass is 399 g/mol. The lowest BCUT2D eigenvalue weighted by Gasteiger charge is -2.28. The van der Waals surface area contributed by atoms with Gasteiger partial charge in [0.05, 0.1) is 23.9 Å². The molecule has 6 nitrogen and oxygen atoms in total. The summed E-state index contributed by atoms with van der Waals surface area (Å²) in [5.74, 6) is -0.0939. The molecule has 2 aromatic rings. The lowest BCUT2D eigenvalue weighted by Crippen LogP contribution is -2.40. The van der Waals surface area contributed by atoms with Crippen LogP contribution in [0.3, 0.4) is 0 Å². The van der Waals surface area contributed by atoms with Crippen molar-refractivity contribution in [2.24, 2.45) is 0 Å². The van der Waals surface area contributed by atoms with Gasteiger partial charge in [-0.15, -0.1) is 0 Å². The lowest BCUT2D eigenvalue weighted by atomic mass is 10.1. The van der Waals surface area contributed by atoms with Crippen LogP contribution >= 0.6 is 0 Å². The van der Waals surface area contributed by atoms with Crippen LogP contribution in [0.25, 0.3) is 0 Å². The Balaban J connectivity index is 2.11. The number of carbonyl (C=O) groups excluding carboxylic acids is 1. The molecular weight excluding hydrogens is 374 g/mol. The second-order valence-corrected chi connectivity index (χ2v) is 8.74. The number of hydrogen-bond donors (Lipinski definition) is 0. The topological polar surface area (TPSA) is 81.5 Å². The van der Waals surface area contributed by atoms with Gasteiger partial charge in [0.15, 0.2) is 9.84 Å². The maximum atomic E-state index is 12.9. The molecule has 0 saturated heterocycles. The third-order valence-electron chi connectivity index (χ3n) is 4.65. The van der Waals surface area contributed by atoms with E-state index in [1.54, 1.807) is 29.2 Å². The van der Waals surface area contributed by atoms with E-state index >= 15 is 0 Å². The molecule has 0 unspecified atom stereocenters. The smallest absolute Gasteiger partial charge is 0.241 e. The predicted octanol–water partition coefficient (Wildman–Crippen LogP) is 3.03. The van der Waals surface area contributed by atoms with Crippen molar-refractivity contribution in [2.45, 2.75) is 24.3 Å². The molecular formula is C21H25N3O3S. The number of para-hydroxylation sites is 1. The van der Waals surface area contributed by atoms with Gasteiger partial charge in [0.25, 0.3) is 0 Å². The molecule has 2 aromatic carbocycles. The summed E-state index contributed by atoms with van der Waals surface area (Å²) >= 11 is 0. The summed E-state index contributed by atoms with van der Waals surface area (Å²) in [7, 11) is -1.39. The van der Waals surface area contributed by atoms with Crippen molar-refractivity contribution in [1.82, 2.24) is 4.90 Å². The minimum atomic E-state index is -3.24. The molecule has 0 fully saturated rings. The average Bonchev–Trinajstić information content (AvgIpc) is 2.68. The Morgan fingerprint density at radius 3 is 2.25 bits per heavy atom. The third-order valence-corrected chi connectivity index (χ3v) is 5.78. The second-order valence-electron chi connectivity index (χ2n) is 6.72. The van der Waals surface area contributed by atoms with Crippen molar-refractivity contribution >= 4 is 21.4 Å². The van der Waals surface area contributed by atoms with Gasteiger partial charge in [-0.05, 0) is 43.8 Å². The summed E-state index contributed by atoms with van der Waals surface area (Å²) in [6, 6.07) is 18.0. The molecule has 0 spiro atoms. The fourth-order valence-corrected chi connectivity index (χ4v) is 3.48. The number of benzene rings is 2. The molecule has 0 heterocycles. The van der Waals surface area contributed by atoms with E-state index < -0.39 is 9.84 Å². The minimum absolute atomic E-state index is 0.0776. The van der Waals surface area contributed by atoms with Gasteiger partial charge < -0.3 is 4.90 Å². The first-order valence-electron chi connectivity index (χ1n) is 8.96. The van der Waals surface area contributed by atoms with Crippen LogP contribution in [-0.4, -0.2) is 45.6 Å². The Bertz CT molecular complexity index is 935. The first kappa shape index (κ1) is 21.6. The summed E-state index contributed by atoms with van der Waals surface area (Å²) in [5, 5.41) is 8.90. The molecule has 28 heavy (non-hydrogen) atoms. The van der Waals surface area contributed by atoms with Crippen LogP contribution in [0.5, 0.6) is 0 Å². The van der Waals surface area contributed by atoms with E-state index in [1.165, 1.54) is 6.26 Å². The number of carbonyl (C=O) groups is 1. The number of nitrogens with zero attached hydrogens (tertiary/aromatic N) is 3. The first-order chi connectivity index (χ1) is 13.2. The molecule has 0 N–H and O–H groups in total. The van der Waals surface area contributed by atoms with Gasteiger partial charge in [-0.1, -0.05) is 30.3 Å². The molecule has 0 aliphatic rings. The van der Waals surface area contributed by atoms with Crippen molar-refractivity contribution < 1.29 is 13.2 Å². The fourth-order valence-electron chi connectivity index (χ4n) is 2.85. The van der Waals surface area contributed by atoms with Gasteiger partial charge >= 0.3 is 0 Å². The largest absolute Gasteiger partial charge is 0.310 e. The van der Waals surface area contributed by atoms with Crippen molar-refractivity contribution in [3.8, 4) is 6.07 Å². The zero-order chi connectivity index (χ0) is 20.7. The van der Waals surface area contributed by atoms with Gasteiger partial charge in [-0.2, -0.15) is 5.26 Å². The number of likely N-dealkylation sites (N-methyl/N-ethyl adjacent to an activating group) is 1. The molecule has 2 rings (SSSR count). The van der Waals surface area contributed by atoms with Crippen molar-refractivity contribution in [3.05, 3.63) is 60.2 Å². The highest BCUT2D eigenvalue weighted by Crippen LogP contribution is 2.22. The van der Waals surface area contributed by atoms with Crippen LogP contribution in [0.2, 0.25) is 0 Å². The predicted molar refractivity (Wildman–Crippen MR) is 110 cm³/mol. The Kier molecular flexibility index (Phi) is 7.32. The normalized spacial score (nSPS) is 12.4. The van der Waals surface area contributed by atoms with E-state index in [2.05, 4.69) is 6.07 Å². The highest BCUT2D eigenvalue weighted by molar-refractivity contribution is 7.90. The maximum absolute atomic E-state index is 12.9. The number of anilines is 1. The molecule has 0 saturated carbocycles. The van der Waals surface area contributed by atoms with E-state index in [9.17, 15) is 13.2 Å². The zero-order valence-corrected chi connectivity index (χ0v) is 17.2. The molecule has 1 atom stereocenters. The minimum Gasteiger partial charge on any atom is -0.310 e. The van der Waals surface area contributed by atoms with Gasteiger partial charge in [0.2, 0.25) is 5.91 Å². The van der Waals surface area contributed by atoms with E-state index in [-0.39, 0.29) is 29.8 Å². The quantitative estimate of drug-likeness (QED) is 0.681. The molecule has 148 valence electrons. The van der Waals surface area contributed by atoms with Crippen molar-refractivity contribution in [3.63, 3.8) is 0 Å². The number of amides is 1. The van der Waals surface area contributed by atoms with Gasteiger partial charge in [0, 0.05) is 24.5 Å². The molecule has 7 heteroatoms. The number of nitriles is 1.